The Kier molecular flexibility index (Phi) is 4.75. The van der Waals surface area contributed by atoms with Gasteiger partial charge in [-0.1, -0.05) is 66.2 Å². The SMILES string of the molecule is COC(=O)c1cc(C(=O)/C=C/c2cccc(C)c2)c2cccccc1-2. The zero-order valence-electron chi connectivity index (χ0n) is 14.2. The molecule has 0 saturated carbocycles. The molecule has 0 amide bonds. The number of hydrogen-bond donors (Lipinski definition) is 0. The zero-order chi connectivity index (χ0) is 17.8. The van der Waals surface area contributed by atoms with E-state index >= 15 is 0 Å². The van der Waals surface area contributed by atoms with E-state index in [-0.39, 0.29) is 5.78 Å². The van der Waals surface area contributed by atoms with Crippen molar-refractivity contribution in [3.8, 4) is 11.1 Å². The maximum atomic E-state index is 12.7. The second-order valence-corrected chi connectivity index (χ2v) is 5.81. The third-order valence-electron chi connectivity index (χ3n) is 4.05. The molecule has 0 unspecified atom stereocenters. The van der Waals surface area contributed by atoms with Crippen molar-refractivity contribution in [1.29, 1.82) is 0 Å². The van der Waals surface area contributed by atoms with E-state index in [0.29, 0.717) is 16.7 Å². The van der Waals surface area contributed by atoms with Gasteiger partial charge in [-0.25, -0.2) is 4.79 Å². The molecule has 3 heteroatoms. The summed E-state index contributed by atoms with van der Waals surface area (Å²) in [6, 6.07) is 18.7. The van der Waals surface area contributed by atoms with Crippen molar-refractivity contribution in [3.63, 3.8) is 0 Å². The molecule has 0 saturated heterocycles. The zero-order valence-corrected chi connectivity index (χ0v) is 14.2. The van der Waals surface area contributed by atoms with Crippen LogP contribution < -0.4 is 0 Å². The lowest BCUT2D eigenvalue weighted by Gasteiger charge is -2.00. The van der Waals surface area contributed by atoms with E-state index in [0.717, 1.165) is 16.7 Å². The summed E-state index contributed by atoms with van der Waals surface area (Å²) in [6.45, 7) is 2.01. The van der Waals surface area contributed by atoms with E-state index in [4.69, 9.17) is 4.74 Å². The molecule has 0 spiro atoms. The van der Waals surface area contributed by atoms with Crippen LogP contribution in [0.25, 0.3) is 17.2 Å². The first-order chi connectivity index (χ1) is 12.1. The van der Waals surface area contributed by atoms with Crippen LogP contribution in [0.4, 0.5) is 0 Å². The number of carbonyl (C=O) groups is 2. The topological polar surface area (TPSA) is 43.4 Å². The van der Waals surface area contributed by atoms with E-state index in [1.165, 1.54) is 13.2 Å². The summed E-state index contributed by atoms with van der Waals surface area (Å²) in [5.74, 6) is -0.592. The fraction of sp³-hybridized carbons (Fsp3) is 0.0909. The highest BCUT2D eigenvalue weighted by Gasteiger charge is 2.22. The number of carbonyl (C=O) groups excluding carboxylic acids is 2. The van der Waals surface area contributed by atoms with Gasteiger partial charge in [0.05, 0.1) is 12.7 Å². The van der Waals surface area contributed by atoms with Crippen LogP contribution in [0.1, 0.15) is 31.8 Å². The maximum absolute atomic E-state index is 12.7. The molecule has 1 aromatic carbocycles. The van der Waals surface area contributed by atoms with Gasteiger partial charge < -0.3 is 4.74 Å². The predicted molar refractivity (Wildman–Crippen MR) is 98.9 cm³/mol. The molecule has 3 rings (SSSR count). The lowest BCUT2D eigenvalue weighted by Crippen LogP contribution is -2.00. The van der Waals surface area contributed by atoms with Crippen LogP contribution in [0.2, 0.25) is 0 Å². The van der Waals surface area contributed by atoms with Crippen molar-refractivity contribution < 1.29 is 14.3 Å². The summed E-state index contributed by atoms with van der Waals surface area (Å²) in [5, 5.41) is 0. The predicted octanol–water partition coefficient (Wildman–Crippen LogP) is 4.78. The minimum Gasteiger partial charge on any atom is -0.465 e. The average molecular weight is 330 g/mol. The van der Waals surface area contributed by atoms with Crippen LogP contribution in [-0.4, -0.2) is 18.9 Å². The summed E-state index contributed by atoms with van der Waals surface area (Å²) >= 11 is 0. The van der Waals surface area contributed by atoms with E-state index in [1.54, 1.807) is 12.1 Å². The number of fused-ring (bicyclic) bond motifs is 1. The first-order valence-corrected chi connectivity index (χ1v) is 7.99. The van der Waals surface area contributed by atoms with Crippen LogP contribution in [0.3, 0.4) is 0 Å². The molecule has 0 N–H and O–H groups in total. The van der Waals surface area contributed by atoms with Gasteiger partial charge in [-0.3, -0.25) is 4.79 Å². The van der Waals surface area contributed by atoms with Gasteiger partial charge in [-0.2, -0.15) is 0 Å². The Labute approximate surface area is 146 Å². The first kappa shape index (κ1) is 16.7. The molecule has 2 aliphatic carbocycles. The molecule has 0 aromatic heterocycles. The number of hydrogen-bond acceptors (Lipinski definition) is 3. The van der Waals surface area contributed by atoms with Crippen LogP contribution in [-0.2, 0) is 4.74 Å². The third-order valence-corrected chi connectivity index (χ3v) is 4.05. The van der Waals surface area contributed by atoms with Crippen LogP contribution in [0.15, 0.2) is 66.7 Å². The van der Waals surface area contributed by atoms with Gasteiger partial charge in [-0.05, 0) is 35.8 Å². The molecule has 3 nitrogen and oxygen atoms in total. The van der Waals surface area contributed by atoms with E-state index in [2.05, 4.69) is 0 Å². The number of rotatable bonds is 4. The molecule has 0 aliphatic heterocycles. The van der Waals surface area contributed by atoms with Crippen molar-refractivity contribution in [3.05, 3.63) is 89.0 Å². The quantitative estimate of drug-likeness (QED) is 0.393. The fourth-order valence-corrected chi connectivity index (χ4v) is 2.84. The molecule has 1 aromatic rings. The smallest absolute Gasteiger partial charge is 0.338 e. The van der Waals surface area contributed by atoms with Crippen molar-refractivity contribution in [2.45, 2.75) is 6.92 Å². The van der Waals surface area contributed by atoms with Crippen molar-refractivity contribution >= 4 is 17.8 Å². The van der Waals surface area contributed by atoms with Gasteiger partial charge in [-0.15, -0.1) is 0 Å². The Morgan fingerprint density at radius 2 is 1.60 bits per heavy atom. The number of methoxy groups -OCH3 is 1. The molecule has 25 heavy (non-hydrogen) atoms. The average Bonchev–Trinajstić information content (AvgIpc) is 2.80. The Morgan fingerprint density at radius 3 is 2.28 bits per heavy atom. The van der Waals surface area contributed by atoms with Crippen LogP contribution in [0.5, 0.6) is 0 Å². The van der Waals surface area contributed by atoms with Gasteiger partial charge >= 0.3 is 5.97 Å². The number of allylic oxidation sites excluding steroid dienone is 1. The number of ketones is 1. The minimum absolute atomic E-state index is 0.146. The van der Waals surface area contributed by atoms with Crippen molar-refractivity contribution in [1.82, 2.24) is 0 Å². The van der Waals surface area contributed by atoms with E-state index < -0.39 is 5.97 Å². The number of esters is 1. The maximum Gasteiger partial charge on any atom is 0.338 e. The third kappa shape index (κ3) is 3.50. The van der Waals surface area contributed by atoms with E-state index in [1.807, 2.05) is 61.5 Å². The van der Waals surface area contributed by atoms with Gasteiger partial charge in [0.1, 0.15) is 0 Å². The molecular weight excluding hydrogens is 312 g/mol. The fourth-order valence-electron chi connectivity index (χ4n) is 2.84. The normalized spacial score (nSPS) is 11.0. The van der Waals surface area contributed by atoms with Gasteiger partial charge in [0.2, 0.25) is 0 Å². The van der Waals surface area contributed by atoms with Crippen LogP contribution >= 0.6 is 0 Å². The Hall–Kier alpha value is -3.20. The Morgan fingerprint density at radius 1 is 0.880 bits per heavy atom. The van der Waals surface area contributed by atoms with Gasteiger partial charge in [0.15, 0.2) is 5.78 Å². The first-order valence-electron chi connectivity index (χ1n) is 7.99. The van der Waals surface area contributed by atoms with Crippen molar-refractivity contribution in [2.24, 2.45) is 0 Å². The molecule has 0 atom stereocenters. The summed E-state index contributed by atoms with van der Waals surface area (Å²) in [7, 11) is 1.34. The summed E-state index contributed by atoms with van der Waals surface area (Å²) in [5.41, 5.74) is 4.45. The highest BCUT2D eigenvalue weighted by Crippen LogP contribution is 2.32. The minimum atomic E-state index is -0.446. The number of aryl methyl sites for hydroxylation is 1. The van der Waals surface area contributed by atoms with E-state index in [9.17, 15) is 9.59 Å². The van der Waals surface area contributed by atoms with Crippen LogP contribution in [0, 0.1) is 6.92 Å². The Balaban J connectivity index is 2.01. The molecular formula is C22H18O3. The molecule has 0 heterocycles. The molecule has 124 valence electrons. The highest BCUT2D eigenvalue weighted by atomic mass is 16.5. The summed E-state index contributed by atoms with van der Waals surface area (Å²) < 4.78 is 4.84. The van der Waals surface area contributed by atoms with Gasteiger partial charge in [0, 0.05) is 5.56 Å². The molecule has 0 bridgehead atoms. The van der Waals surface area contributed by atoms with Crippen molar-refractivity contribution in [2.75, 3.05) is 7.11 Å². The largest absolute Gasteiger partial charge is 0.465 e. The Bertz CT molecular complexity index is 938. The summed E-state index contributed by atoms with van der Waals surface area (Å²) in [6.07, 6.45) is 3.33. The standard InChI is InChI=1S/C22H18O3/c1-15-7-6-8-16(13-15)11-12-21(23)19-14-20(22(24)25-2)18-10-5-3-4-9-17(18)19/h3-14H,1-2H3/b12-11+. The number of benzene rings is 1. The second-order valence-electron chi connectivity index (χ2n) is 5.81. The second kappa shape index (κ2) is 7.14. The number of ether oxygens (including phenoxy) is 1. The lowest BCUT2D eigenvalue weighted by molar-refractivity contribution is 0.0602. The highest BCUT2D eigenvalue weighted by molar-refractivity contribution is 6.15. The molecule has 2 aliphatic rings. The molecule has 0 radical (unpaired) electrons. The summed E-state index contributed by atoms with van der Waals surface area (Å²) in [4.78, 5) is 24.7. The monoisotopic (exact) mass is 330 g/mol. The van der Waals surface area contributed by atoms with Gasteiger partial charge in [0.25, 0.3) is 0 Å². The lowest BCUT2D eigenvalue weighted by atomic mass is 10.0. The molecule has 0 fully saturated rings.